The third kappa shape index (κ3) is 16.8. The van der Waals surface area contributed by atoms with Crippen LogP contribution < -0.4 is 21.5 Å². The third-order valence-corrected chi connectivity index (χ3v) is 9.10. The van der Waals surface area contributed by atoms with Gasteiger partial charge in [-0.1, -0.05) is 77.8 Å². The summed E-state index contributed by atoms with van der Waals surface area (Å²) in [4.78, 5) is 50.6. The van der Waals surface area contributed by atoms with E-state index in [1.54, 1.807) is 49.7 Å². The Labute approximate surface area is 369 Å². The number of aromatic amines is 2. The Morgan fingerprint density at radius 1 is 0.889 bits per heavy atom. The molecule has 5 aromatic rings. The average Bonchev–Trinajstić information content (AvgIpc) is 3.76. The number of carbonyl (C=O) groups excluding carboxylic acids is 2. The number of pyridine rings is 1. The van der Waals surface area contributed by atoms with Crippen LogP contribution in [0, 0.1) is 24.2 Å². The van der Waals surface area contributed by atoms with Crippen LogP contribution >= 0.6 is 0 Å². The van der Waals surface area contributed by atoms with E-state index in [2.05, 4.69) is 47.6 Å². The maximum absolute atomic E-state index is 13.9. The lowest BCUT2D eigenvalue weighted by atomic mass is 10.0. The molecule has 6 rings (SSSR count). The number of imidazole rings is 1. The van der Waals surface area contributed by atoms with E-state index in [9.17, 15) is 27.6 Å². The van der Waals surface area contributed by atoms with Crippen LogP contribution in [-0.4, -0.2) is 96.1 Å². The summed E-state index contributed by atoms with van der Waals surface area (Å²) in [6.07, 6.45) is 1.32. The molecule has 3 aromatic carbocycles. The Balaban J connectivity index is 0.000000474. The van der Waals surface area contributed by atoms with Gasteiger partial charge in [-0.3, -0.25) is 19.3 Å². The molecule has 338 valence electrons. The van der Waals surface area contributed by atoms with Gasteiger partial charge in [0.05, 0.1) is 11.8 Å². The van der Waals surface area contributed by atoms with Crippen molar-refractivity contribution in [3.8, 4) is 11.8 Å². The second-order valence-corrected chi connectivity index (χ2v) is 13.3. The van der Waals surface area contributed by atoms with E-state index in [0.29, 0.717) is 43.3 Å². The van der Waals surface area contributed by atoms with Crippen LogP contribution in [0.25, 0.3) is 17.0 Å². The fraction of sp³-hybridized carbons (Fsp3) is 0.354. The third-order valence-electron chi connectivity index (χ3n) is 9.10. The van der Waals surface area contributed by atoms with Gasteiger partial charge in [0.15, 0.2) is 0 Å². The van der Waals surface area contributed by atoms with Crippen LogP contribution in [0.2, 0.25) is 0 Å². The number of fused-ring (bicyclic) bond motifs is 1. The molecular weight excluding hydrogens is 808 g/mol. The van der Waals surface area contributed by atoms with Crippen LogP contribution in [0.15, 0.2) is 83.8 Å². The standard InChI is InChI=1S/C29H29F3N6O.C13H15N3O2.3C2H6/c1-20-5-6-22(16-21(20)7-10-25-18-34-27(35-25)4-3-11-33)28(39)36-24-9-8-23(26(17-24)29(30,31)32)19-38-14-12-37(2)13-15-38;1-14-6-7-15-12(17)10-8-9-4-2-3-5-11(9)16-13(10)18;3*1-2/h3-6,8-9,11,16-18,33H,12-15,19H2,1-2H3,(H,34,35)(H,36,39);2-5,8,14H,6-7H2,1H3,(H,15,17)(H,16,18);3*1-2H3/b4-3-,33-11?;;;;. The molecule has 63 heavy (non-hydrogen) atoms. The van der Waals surface area contributed by atoms with E-state index in [4.69, 9.17) is 5.41 Å². The van der Waals surface area contributed by atoms with Gasteiger partial charge in [-0.2, -0.15) is 13.2 Å². The van der Waals surface area contributed by atoms with Gasteiger partial charge in [-0.25, -0.2) is 4.98 Å². The number of hydrogen-bond acceptors (Lipinski definition) is 8. The monoisotopic (exact) mass is 869 g/mol. The van der Waals surface area contributed by atoms with Crippen LogP contribution in [0.1, 0.15) is 96.0 Å². The Morgan fingerprint density at radius 2 is 1.59 bits per heavy atom. The van der Waals surface area contributed by atoms with Gasteiger partial charge in [0.1, 0.15) is 17.1 Å². The summed E-state index contributed by atoms with van der Waals surface area (Å²) in [6.45, 7) is 18.2. The molecule has 0 radical (unpaired) electrons. The molecule has 12 nitrogen and oxygen atoms in total. The summed E-state index contributed by atoms with van der Waals surface area (Å²) >= 11 is 0. The van der Waals surface area contributed by atoms with Crippen LogP contribution in [0.3, 0.4) is 0 Å². The predicted molar refractivity (Wildman–Crippen MR) is 251 cm³/mol. The molecular formula is C48H62F3N9O3. The SMILES string of the molecule is CC.CC.CC.CNCCNC(=O)c1cc2ccccc2[nH]c1=O.Cc1ccc(C(=O)Nc2ccc(CN3CCN(C)CC3)c(C(F)(F)F)c2)cc1C#Cc1cnc(/C=C\C=N)[nH]1. The van der Waals surface area contributed by atoms with Crippen LogP contribution in [0.5, 0.6) is 0 Å². The Hall–Kier alpha value is -6.34. The number of rotatable bonds is 10. The second kappa shape index (κ2) is 27.6. The predicted octanol–water partition coefficient (Wildman–Crippen LogP) is 8.36. The van der Waals surface area contributed by atoms with E-state index in [1.807, 2.05) is 78.6 Å². The van der Waals surface area contributed by atoms with Gasteiger partial charge >= 0.3 is 6.18 Å². The summed E-state index contributed by atoms with van der Waals surface area (Å²) < 4.78 is 41.7. The van der Waals surface area contributed by atoms with Gasteiger partial charge in [0.25, 0.3) is 17.4 Å². The molecule has 1 saturated heterocycles. The minimum Gasteiger partial charge on any atom is -0.351 e. The lowest BCUT2D eigenvalue weighted by Crippen LogP contribution is -2.44. The zero-order valence-electron chi connectivity index (χ0n) is 37.8. The number of piperazine rings is 1. The molecule has 1 aliphatic rings. The average molecular weight is 870 g/mol. The van der Waals surface area contributed by atoms with E-state index < -0.39 is 17.6 Å². The van der Waals surface area contributed by atoms with E-state index in [1.165, 1.54) is 18.2 Å². The number of aromatic nitrogens is 3. The summed E-state index contributed by atoms with van der Waals surface area (Å²) in [5, 5.41) is 16.1. The van der Waals surface area contributed by atoms with Crippen LogP contribution in [0.4, 0.5) is 18.9 Å². The minimum absolute atomic E-state index is 0.0747. The highest BCUT2D eigenvalue weighted by molar-refractivity contribution is 6.04. The van der Waals surface area contributed by atoms with Crippen molar-refractivity contribution >= 4 is 40.7 Å². The lowest BCUT2D eigenvalue weighted by molar-refractivity contribution is -0.138. The first-order valence-corrected chi connectivity index (χ1v) is 21.2. The molecule has 6 N–H and O–H groups in total. The van der Waals surface area contributed by atoms with Crippen molar-refractivity contribution in [2.75, 3.05) is 58.7 Å². The van der Waals surface area contributed by atoms with Crippen molar-refractivity contribution < 1.29 is 22.8 Å². The van der Waals surface area contributed by atoms with E-state index in [0.717, 1.165) is 41.8 Å². The summed E-state index contributed by atoms with van der Waals surface area (Å²) in [6, 6.07) is 17.9. The Morgan fingerprint density at radius 3 is 2.25 bits per heavy atom. The lowest BCUT2D eigenvalue weighted by Gasteiger charge is -2.33. The second-order valence-electron chi connectivity index (χ2n) is 13.3. The number of carbonyl (C=O) groups is 2. The largest absolute Gasteiger partial charge is 0.416 e. The number of amides is 2. The number of allylic oxidation sites excluding steroid dienone is 1. The summed E-state index contributed by atoms with van der Waals surface area (Å²) in [7, 11) is 3.80. The number of benzene rings is 3. The normalized spacial score (nSPS) is 12.4. The Bertz CT molecular complexity index is 2370. The molecule has 0 unspecified atom stereocenters. The molecule has 3 heterocycles. The first kappa shape index (κ1) is 52.8. The van der Waals surface area contributed by atoms with Gasteiger partial charge in [-0.05, 0) is 92.0 Å². The number of nitrogens with zero attached hydrogens (tertiary/aromatic N) is 3. The van der Waals surface area contributed by atoms with E-state index in [-0.39, 0.29) is 40.4 Å². The molecule has 0 atom stereocenters. The molecule has 1 aliphatic heterocycles. The van der Waals surface area contributed by atoms with Gasteiger partial charge in [0.2, 0.25) is 0 Å². The maximum atomic E-state index is 13.9. The fourth-order valence-corrected chi connectivity index (χ4v) is 5.88. The highest BCUT2D eigenvalue weighted by Gasteiger charge is 2.34. The number of aryl methyl sites for hydroxylation is 1. The molecule has 0 bridgehead atoms. The van der Waals surface area contributed by atoms with Crippen molar-refractivity contribution in [1.82, 2.24) is 35.4 Å². The number of anilines is 1. The number of para-hydroxylation sites is 1. The number of H-pyrrole nitrogens is 2. The maximum Gasteiger partial charge on any atom is 0.416 e. The van der Waals surface area contributed by atoms with Crippen molar-refractivity contribution in [2.24, 2.45) is 0 Å². The smallest absolute Gasteiger partial charge is 0.351 e. The zero-order chi connectivity index (χ0) is 47.0. The first-order chi connectivity index (χ1) is 30.3. The van der Waals surface area contributed by atoms with Gasteiger partial charge in [0, 0.05) is 74.4 Å². The summed E-state index contributed by atoms with van der Waals surface area (Å²) in [5.74, 6) is 5.64. The fourth-order valence-electron chi connectivity index (χ4n) is 5.88. The van der Waals surface area contributed by atoms with Crippen molar-refractivity contribution in [1.29, 1.82) is 5.41 Å². The molecule has 0 spiro atoms. The highest BCUT2D eigenvalue weighted by atomic mass is 19.4. The minimum atomic E-state index is -4.54. The summed E-state index contributed by atoms with van der Waals surface area (Å²) in [5.41, 5.74) is 2.31. The first-order valence-electron chi connectivity index (χ1n) is 21.2. The van der Waals surface area contributed by atoms with Gasteiger partial charge in [-0.15, -0.1) is 0 Å². The quantitative estimate of drug-likeness (QED) is 0.0467. The number of nitrogens with one attached hydrogen (secondary N) is 6. The molecule has 0 aliphatic carbocycles. The number of halogens is 3. The molecule has 0 saturated carbocycles. The van der Waals surface area contributed by atoms with Gasteiger partial charge < -0.3 is 36.2 Å². The zero-order valence-corrected chi connectivity index (χ0v) is 37.8. The molecule has 2 amide bonds. The van der Waals surface area contributed by atoms with E-state index >= 15 is 0 Å². The molecule has 2 aromatic heterocycles. The number of hydrogen-bond donors (Lipinski definition) is 6. The Kier molecular flexibility index (Phi) is 23.1. The topological polar surface area (TPSA) is 162 Å². The van der Waals surface area contributed by atoms with Crippen molar-refractivity contribution in [3.05, 3.63) is 134 Å². The highest BCUT2D eigenvalue weighted by Crippen LogP contribution is 2.35. The van der Waals surface area contributed by atoms with Crippen molar-refractivity contribution in [2.45, 2.75) is 61.2 Å². The molecule has 1 fully saturated rings. The van der Waals surface area contributed by atoms with Crippen LogP contribution in [-0.2, 0) is 12.7 Å². The van der Waals surface area contributed by atoms with Crippen molar-refractivity contribution in [3.63, 3.8) is 0 Å². The molecule has 15 heteroatoms. The number of alkyl halides is 3. The number of likely N-dealkylation sites (N-methyl/N-ethyl adjacent to an activating group) is 2.